The molecule has 12 heteroatoms. The van der Waals surface area contributed by atoms with Crippen LogP contribution < -0.4 is 10.5 Å². The van der Waals surface area contributed by atoms with E-state index in [-0.39, 0.29) is 21.9 Å². The molecule has 4 rings (SSSR count). The molecule has 0 aliphatic carbocycles. The van der Waals surface area contributed by atoms with E-state index in [0.29, 0.717) is 21.6 Å². The molecule has 0 spiro atoms. The lowest BCUT2D eigenvalue weighted by Gasteiger charge is -2.19. The number of imidazole rings is 1. The molecule has 0 saturated heterocycles. The van der Waals surface area contributed by atoms with Gasteiger partial charge in [0.25, 0.3) is 5.91 Å². The Hall–Kier alpha value is -3.22. The lowest BCUT2D eigenvalue weighted by molar-refractivity contribution is -0.139. The topological polar surface area (TPSA) is 110 Å². The van der Waals surface area contributed by atoms with Crippen molar-refractivity contribution < 1.29 is 31.5 Å². The molecule has 2 heterocycles. The summed E-state index contributed by atoms with van der Waals surface area (Å²) in [6, 6.07) is 11.5. The highest BCUT2D eigenvalue weighted by Crippen LogP contribution is 2.39. The lowest BCUT2D eigenvalue weighted by Crippen LogP contribution is -2.15. The molecular weight excluding hydrogens is 491 g/mol. The molecule has 2 aromatic carbocycles. The number of amides is 1. The van der Waals surface area contributed by atoms with Crippen LogP contribution in [0.4, 0.5) is 13.2 Å². The molecule has 0 aliphatic heterocycles. The summed E-state index contributed by atoms with van der Waals surface area (Å²) in [6.07, 6.45) is -4.11. The highest BCUT2D eigenvalue weighted by atomic mass is 32.2. The maximum atomic E-state index is 13.4. The number of carbonyl (C=O) groups excluding carboxylic acids is 1. The maximum Gasteiger partial charge on any atom is 0.416 e. The van der Waals surface area contributed by atoms with E-state index < -0.39 is 34.8 Å². The van der Waals surface area contributed by atoms with Gasteiger partial charge in [-0.1, -0.05) is 35.3 Å². The second kappa shape index (κ2) is 9.20. The number of benzene rings is 2. The summed E-state index contributed by atoms with van der Waals surface area (Å²) in [5, 5.41) is 0.475. The van der Waals surface area contributed by atoms with Gasteiger partial charge in [-0.05, 0) is 30.7 Å². The first kappa shape index (κ1) is 23.9. The fourth-order valence-corrected chi connectivity index (χ4v) is 4.94. The van der Waals surface area contributed by atoms with Gasteiger partial charge < -0.3 is 15.0 Å². The Balaban J connectivity index is 1.73. The molecule has 4 aromatic rings. The van der Waals surface area contributed by atoms with Gasteiger partial charge in [0, 0.05) is 17.4 Å². The molecule has 34 heavy (non-hydrogen) atoms. The van der Waals surface area contributed by atoms with E-state index in [1.165, 1.54) is 37.5 Å². The average Bonchev–Trinajstić information content (AvgIpc) is 3.36. The predicted octanol–water partition coefficient (Wildman–Crippen LogP) is 4.72. The van der Waals surface area contributed by atoms with Crippen LogP contribution in [0.25, 0.3) is 16.0 Å². The van der Waals surface area contributed by atoms with E-state index in [1.807, 2.05) is 0 Å². The number of fused-ring (bicyclic) bond motifs is 1. The third kappa shape index (κ3) is 4.83. The van der Waals surface area contributed by atoms with Crippen LogP contribution >= 0.6 is 11.3 Å². The van der Waals surface area contributed by atoms with Gasteiger partial charge in [0.1, 0.15) is 28.1 Å². The molecule has 0 saturated carbocycles. The van der Waals surface area contributed by atoms with Crippen LogP contribution in [0.1, 0.15) is 39.4 Å². The zero-order chi connectivity index (χ0) is 24.6. The number of halogens is 3. The van der Waals surface area contributed by atoms with Gasteiger partial charge in [-0.2, -0.15) is 13.2 Å². The smallest absolute Gasteiger partial charge is 0.416 e. The molecule has 2 N–H and O–H groups in total. The van der Waals surface area contributed by atoms with Crippen molar-refractivity contribution in [3.8, 4) is 10.8 Å². The number of aromatic nitrogens is 2. The SMILES string of the molecule is C[C@@H](Oc1cc(-n2cnc3ccc(CS(=O)[O-])cc32)sc1C(N)=O)c1ccccc1C(F)(F)F. The summed E-state index contributed by atoms with van der Waals surface area (Å²) in [7, 11) is 0. The normalized spacial score (nSPS) is 13.7. The Morgan fingerprint density at radius 3 is 2.68 bits per heavy atom. The minimum atomic E-state index is -4.57. The third-order valence-electron chi connectivity index (χ3n) is 5.05. The van der Waals surface area contributed by atoms with E-state index >= 15 is 0 Å². The molecule has 7 nitrogen and oxygen atoms in total. The fourth-order valence-electron chi connectivity index (χ4n) is 3.56. The van der Waals surface area contributed by atoms with Crippen molar-refractivity contribution in [1.82, 2.24) is 9.55 Å². The Bertz CT molecular complexity index is 1400. The summed E-state index contributed by atoms with van der Waals surface area (Å²) in [5.41, 5.74) is 6.31. The van der Waals surface area contributed by atoms with Crippen molar-refractivity contribution in [2.24, 2.45) is 5.73 Å². The van der Waals surface area contributed by atoms with E-state index in [9.17, 15) is 26.7 Å². The first-order valence-electron chi connectivity index (χ1n) is 9.83. The van der Waals surface area contributed by atoms with E-state index in [4.69, 9.17) is 10.5 Å². The van der Waals surface area contributed by atoms with E-state index in [1.54, 1.807) is 22.8 Å². The van der Waals surface area contributed by atoms with Gasteiger partial charge in [0.15, 0.2) is 0 Å². The Morgan fingerprint density at radius 1 is 1.26 bits per heavy atom. The Kier molecular flexibility index (Phi) is 6.47. The van der Waals surface area contributed by atoms with Gasteiger partial charge >= 0.3 is 6.18 Å². The number of nitrogens with two attached hydrogens (primary N) is 1. The average molecular weight is 509 g/mol. The van der Waals surface area contributed by atoms with Gasteiger partial charge in [0.2, 0.25) is 0 Å². The highest BCUT2D eigenvalue weighted by molar-refractivity contribution is 7.78. The second-order valence-corrected chi connectivity index (χ2v) is 9.30. The summed E-state index contributed by atoms with van der Waals surface area (Å²) in [4.78, 5) is 16.4. The van der Waals surface area contributed by atoms with Gasteiger partial charge in [0.05, 0.1) is 16.6 Å². The molecule has 0 radical (unpaired) electrons. The molecule has 2 aromatic heterocycles. The third-order valence-corrected chi connectivity index (χ3v) is 6.75. The van der Waals surface area contributed by atoms with Crippen LogP contribution in [0, 0.1) is 0 Å². The monoisotopic (exact) mass is 508 g/mol. The Labute approximate surface area is 198 Å². The zero-order valence-electron chi connectivity index (χ0n) is 17.5. The standard InChI is InChI=1S/C22H18F3N3O4S2/c1-12(14-4-2-3-5-15(14)22(23,24)25)32-18-9-19(33-20(18)21(26)29)28-11-27-16-7-6-13(8-17(16)28)10-34(30)31/h2-9,11-12H,10H2,1H3,(H2,26,29)(H,30,31)/p-1/t12-/m1/s1. The number of hydrogen-bond donors (Lipinski definition) is 1. The van der Waals surface area contributed by atoms with Crippen molar-refractivity contribution in [1.29, 1.82) is 0 Å². The number of thiophene rings is 1. The Morgan fingerprint density at radius 2 is 2.00 bits per heavy atom. The molecule has 1 amide bonds. The fraction of sp³-hybridized carbons (Fsp3) is 0.182. The van der Waals surface area contributed by atoms with Crippen LogP contribution in [-0.4, -0.2) is 24.2 Å². The van der Waals surface area contributed by atoms with Gasteiger partial charge in [-0.3, -0.25) is 13.6 Å². The number of carbonyl (C=O) groups is 1. The van der Waals surface area contributed by atoms with Crippen LogP contribution in [-0.2, 0) is 23.0 Å². The zero-order valence-corrected chi connectivity index (χ0v) is 19.2. The molecule has 0 bridgehead atoms. The first-order valence-corrected chi connectivity index (χ1v) is 11.9. The minimum Gasteiger partial charge on any atom is -0.772 e. The van der Waals surface area contributed by atoms with Crippen LogP contribution in [0.15, 0.2) is 54.9 Å². The largest absolute Gasteiger partial charge is 0.772 e. The predicted molar refractivity (Wildman–Crippen MR) is 121 cm³/mol. The van der Waals surface area contributed by atoms with Crippen molar-refractivity contribution in [2.75, 3.05) is 0 Å². The summed E-state index contributed by atoms with van der Waals surface area (Å²) in [6.45, 7) is 1.45. The summed E-state index contributed by atoms with van der Waals surface area (Å²) < 4.78 is 69.8. The van der Waals surface area contributed by atoms with Crippen LogP contribution in [0.3, 0.4) is 0 Å². The van der Waals surface area contributed by atoms with Crippen molar-refractivity contribution in [3.05, 3.63) is 76.4 Å². The quantitative estimate of drug-likeness (QED) is 0.363. The van der Waals surface area contributed by atoms with Crippen molar-refractivity contribution in [2.45, 2.75) is 25.0 Å². The molecule has 2 atom stereocenters. The number of alkyl halides is 3. The molecular formula is C22H17F3N3O4S2-. The summed E-state index contributed by atoms with van der Waals surface area (Å²) in [5.74, 6) is -0.937. The van der Waals surface area contributed by atoms with Gasteiger partial charge in [-0.25, -0.2) is 4.98 Å². The number of hydrogen-bond acceptors (Lipinski definition) is 6. The number of ether oxygens (including phenoxy) is 1. The number of nitrogens with zero attached hydrogens (tertiary/aromatic N) is 2. The molecule has 178 valence electrons. The van der Waals surface area contributed by atoms with E-state index in [0.717, 1.165) is 17.4 Å². The number of rotatable bonds is 7. The second-order valence-electron chi connectivity index (χ2n) is 7.37. The molecule has 1 unspecified atom stereocenters. The molecule has 0 fully saturated rings. The van der Waals surface area contributed by atoms with Crippen molar-refractivity contribution in [3.63, 3.8) is 0 Å². The number of primary amides is 1. The minimum absolute atomic E-state index is 0.0324. The maximum absolute atomic E-state index is 13.4. The first-order chi connectivity index (χ1) is 16.0. The van der Waals surface area contributed by atoms with Crippen molar-refractivity contribution >= 4 is 39.4 Å². The van der Waals surface area contributed by atoms with Crippen LogP contribution in [0.5, 0.6) is 5.75 Å². The summed E-state index contributed by atoms with van der Waals surface area (Å²) >= 11 is -1.29. The molecule has 0 aliphatic rings. The lowest BCUT2D eigenvalue weighted by atomic mass is 10.0. The van der Waals surface area contributed by atoms with Crippen LogP contribution in [0.2, 0.25) is 0 Å². The highest BCUT2D eigenvalue weighted by Gasteiger charge is 2.35. The van der Waals surface area contributed by atoms with Gasteiger partial charge in [-0.15, -0.1) is 11.3 Å². The van der Waals surface area contributed by atoms with E-state index in [2.05, 4.69) is 4.98 Å².